The number of anilines is 1. The summed E-state index contributed by atoms with van der Waals surface area (Å²) in [5.74, 6) is 0. The van der Waals surface area contributed by atoms with Gasteiger partial charge in [0.2, 0.25) is 0 Å². The van der Waals surface area contributed by atoms with E-state index in [0.29, 0.717) is 0 Å². The van der Waals surface area contributed by atoms with Crippen molar-refractivity contribution in [1.29, 1.82) is 0 Å². The van der Waals surface area contributed by atoms with Gasteiger partial charge in [-0.2, -0.15) is 0 Å². The summed E-state index contributed by atoms with van der Waals surface area (Å²) in [6.07, 6.45) is 9.74. The molecule has 0 aromatic heterocycles. The molecule has 2 aromatic rings. The summed E-state index contributed by atoms with van der Waals surface area (Å²) in [7, 11) is -3.89. The minimum absolute atomic E-state index is 0.0431. The van der Waals surface area contributed by atoms with Gasteiger partial charge in [-0.05, 0) is 92.7 Å². The normalized spacial score (nSPS) is 20.0. The molecule has 0 saturated carbocycles. The second kappa shape index (κ2) is 9.55. The number of likely N-dealkylation sites (tertiary alicyclic amines) is 1. The monoisotopic (exact) mass is 479 g/mol. The van der Waals surface area contributed by atoms with Crippen LogP contribution in [0.2, 0.25) is 0 Å². The van der Waals surface area contributed by atoms with Crippen molar-refractivity contribution in [3.63, 3.8) is 0 Å². The van der Waals surface area contributed by atoms with Gasteiger partial charge in [-0.1, -0.05) is 42.0 Å². The molecule has 2 aliphatic carbocycles. The number of hydrogen-bond donors (Lipinski definition) is 2. The van der Waals surface area contributed by atoms with Gasteiger partial charge in [-0.15, -0.1) is 0 Å². The number of benzene rings is 2. The number of rotatable bonds is 6. The highest BCUT2D eigenvalue weighted by molar-refractivity contribution is 7.92. The van der Waals surface area contributed by atoms with E-state index in [1.165, 1.54) is 33.4 Å². The topological polar surface area (TPSA) is 78.5 Å². The molecule has 0 bridgehead atoms. The molecule has 1 atom stereocenters. The second-order valence-electron chi connectivity index (χ2n) is 9.83. The zero-order chi connectivity index (χ0) is 23.7. The SMILES string of the molecule is Cc1ccc(CN2CCC[C@H]2/C=C/S(=O)(=O)NC(=O)Nc2c3c(cc4c2CCC4)CCC3)cc1. The van der Waals surface area contributed by atoms with Crippen LogP contribution in [-0.4, -0.2) is 31.9 Å². The van der Waals surface area contributed by atoms with Gasteiger partial charge < -0.3 is 5.32 Å². The second-order valence-corrected chi connectivity index (χ2v) is 11.4. The largest absolute Gasteiger partial charge is 0.333 e. The lowest BCUT2D eigenvalue weighted by Crippen LogP contribution is -2.34. The van der Waals surface area contributed by atoms with Crippen molar-refractivity contribution in [2.45, 2.75) is 70.9 Å². The third kappa shape index (κ3) is 5.05. The lowest BCUT2D eigenvalue weighted by molar-refractivity contribution is 0.256. The van der Waals surface area contributed by atoms with E-state index in [1.807, 2.05) is 0 Å². The Morgan fingerprint density at radius 3 is 2.38 bits per heavy atom. The summed E-state index contributed by atoms with van der Waals surface area (Å²) in [6.45, 7) is 3.78. The van der Waals surface area contributed by atoms with Crippen molar-refractivity contribution in [3.8, 4) is 0 Å². The van der Waals surface area contributed by atoms with E-state index in [4.69, 9.17) is 0 Å². The van der Waals surface area contributed by atoms with Gasteiger partial charge >= 0.3 is 6.03 Å². The molecule has 0 radical (unpaired) electrons. The molecule has 5 rings (SSSR count). The molecule has 1 aliphatic heterocycles. The van der Waals surface area contributed by atoms with E-state index in [9.17, 15) is 13.2 Å². The predicted octanol–water partition coefficient (Wildman–Crippen LogP) is 4.60. The third-order valence-electron chi connectivity index (χ3n) is 7.35. The quantitative estimate of drug-likeness (QED) is 0.635. The molecule has 1 fully saturated rings. The molecule has 3 aliphatic rings. The fraction of sp³-hybridized carbons (Fsp3) is 0.444. The van der Waals surface area contributed by atoms with Gasteiger partial charge in [0.1, 0.15) is 0 Å². The van der Waals surface area contributed by atoms with Crippen LogP contribution in [0.5, 0.6) is 0 Å². The molecular formula is C27H33N3O3S. The number of aryl methyl sites for hydroxylation is 3. The van der Waals surface area contributed by atoms with Gasteiger partial charge in [0.15, 0.2) is 0 Å². The van der Waals surface area contributed by atoms with E-state index in [-0.39, 0.29) is 6.04 Å². The maximum atomic E-state index is 12.7. The number of nitrogens with zero attached hydrogens (tertiary/aromatic N) is 1. The van der Waals surface area contributed by atoms with E-state index in [0.717, 1.165) is 75.6 Å². The number of amides is 2. The summed E-state index contributed by atoms with van der Waals surface area (Å²) in [5, 5.41) is 4.06. The van der Waals surface area contributed by atoms with Gasteiger partial charge in [0.05, 0.1) is 0 Å². The highest BCUT2D eigenvalue weighted by Crippen LogP contribution is 2.38. The Morgan fingerprint density at radius 1 is 1.03 bits per heavy atom. The summed E-state index contributed by atoms with van der Waals surface area (Å²) in [5.41, 5.74) is 8.25. The molecule has 6 nitrogen and oxygen atoms in total. The number of carbonyl (C=O) groups is 1. The average Bonchev–Trinajstić information content (AvgIpc) is 3.54. The summed E-state index contributed by atoms with van der Waals surface area (Å²) >= 11 is 0. The Hall–Kier alpha value is -2.64. The van der Waals surface area contributed by atoms with Crippen LogP contribution in [0.1, 0.15) is 59.1 Å². The molecule has 7 heteroatoms. The fourth-order valence-corrected chi connectivity index (χ4v) is 6.42. The van der Waals surface area contributed by atoms with Crippen molar-refractivity contribution < 1.29 is 13.2 Å². The first-order chi connectivity index (χ1) is 16.4. The van der Waals surface area contributed by atoms with Crippen molar-refractivity contribution in [2.75, 3.05) is 11.9 Å². The number of urea groups is 1. The van der Waals surface area contributed by atoms with Crippen LogP contribution in [0.25, 0.3) is 0 Å². The van der Waals surface area contributed by atoms with Crippen molar-refractivity contribution in [2.24, 2.45) is 0 Å². The standard InChI is InChI=1S/C27H33N3O3S/c1-19-10-12-20(13-11-19)18-30-15-4-7-23(30)14-16-34(32,33)29-27(31)28-26-24-8-2-5-21(24)17-22-6-3-9-25(22)26/h10-14,16-17,23H,2-9,15,18H2,1H3,(H2,28,29,31)/b16-14+/t23-/m0/s1. The fourth-order valence-electron chi connectivity index (χ4n) is 5.66. The van der Waals surface area contributed by atoms with Crippen LogP contribution in [0.15, 0.2) is 41.8 Å². The van der Waals surface area contributed by atoms with Crippen LogP contribution in [0, 0.1) is 6.92 Å². The first-order valence-electron chi connectivity index (χ1n) is 12.4. The number of hydrogen-bond acceptors (Lipinski definition) is 4. The van der Waals surface area contributed by atoms with Crippen molar-refractivity contribution in [1.82, 2.24) is 9.62 Å². The molecule has 34 heavy (non-hydrogen) atoms. The van der Waals surface area contributed by atoms with Gasteiger partial charge in [0.25, 0.3) is 10.0 Å². The highest BCUT2D eigenvalue weighted by Gasteiger charge is 2.26. The minimum Gasteiger partial charge on any atom is -0.307 e. The Morgan fingerprint density at radius 2 is 1.71 bits per heavy atom. The highest BCUT2D eigenvalue weighted by atomic mass is 32.2. The summed E-state index contributed by atoms with van der Waals surface area (Å²) < 4.78 is 27.6. The van der Waals surface area contributed by atoms with Crippen molar-refractivity contribution >= 4 is 21.7 Å². The van der Waals surface area contributed by atoms with Crippen LogP contribution in [0.4, 0.5) is 10.5 Å². The maximum Gasteiger partial charge on any atom is 0.333 e. The molecule has 0 spiro atoms. The predicted molar refractivity (Wildman–Crippen MR) is 135 cm³/mol. The summed E-state index contributed by atoms with van der Waals surface area (Å²) in [6, 6.07) is 10.1. The zero-order valence-electron chi connectivity index (χ0n) is 19.8. The van der Waals surface area contributed by atoms with Crippen LogP contribution < -0.4 is 10.0 Å². The third-order valence-corrected chi connectivity index (χ3v) is 8.33. The molecule has 2 aromatic carbocycles. The molecular weight excluding hydrogens is 446 g/mol. The van der Waals surface area contributed by atoms with Gasteiger partial charge in [0, 0.05) is 23.7 Å². The van der Waals surface area contributed by atoms with Crippen LogP contribution in [0.3, 0.4) is 0 Å². The van der Waals surface area contributed by atoms with Crippen LogP contribution >= 0.6 is 0 Å². The number of carbonyl (C=O) groups excluding carboxylic acids is 1. The average molecular weight is 480 g/mol. The van der Waals surface area contributed by atoms with E-state index in [2.05, 4.69) is 52.2 Å². The smallest absolute Gasteiger partial charge is 0.307 e. The molecule has 180 valence electrons. The molecule has 2 amide bonds. The zero-order valence-corrected chi connectivity index (χ0v) is 20.6. The number of fused-ring (bicyclic) bond motifs is 2. The molecule has 1 saturated heterocycles. The Labute approximate surface area is 202 Å². The van der Waals surface area contributed by atoms with E-state index in [1.54, 1.807) is 6.08 Å². The molecule has 2 N–H and O–H groups in total. The Bertz CT molecular complexity index is 1190. The van der Waals surface area contributed by atoms with Crippen LogP contribution in [-0.2, 0) is 42.3 Å². The maximum absolute atomic E-state index is 12.7. The molecule has 0 unspecified atom stereocenters. The Balaban J connectivity index is 1.24. The number of sulfonamides is 1. The van der Waals surface area contributed by atoms with Gasteiger partial charge in [-0.25, -0.2) is 17.9 Å². The lowest BCUT2D eigenvalue weighted by Gasteiger charge is -2.22. The first-order valence-corrected chi connectivity index (χ1v) is 13.9. The first kappa shape index (κ1) is 23.1. The minimum atomic E-state index is -3.89. The number of nitrogens with one attached hydrogen (secondary N) is 2. The van der Waals surface area contributed by atoms with E-state index >= 15 is 0 Å². The molecule has 1 heterocycles. The Kier molecular flexibility index (Phi) is 6.49. The van der Waals surface area contributed by atoms with Gasteiger partial charge in [-0.3, -0.25) is 4.90 Å². The lowest BCUT2D eigenvalue weighted by atomic mass is 9.99. The van der Waals surface area contributed by atoms with Crippen molar-refractivity contribution in [3.05, 3.63) is 75.2 Å². The summed E-state index contributed by atoms with van der Waals surface area (Å²) in [4.78, 5) is 15.0. The van der Waals surface area contributed by atoms with E-state index < -0.39 is 16.1 Å².